The van der Waals surface area contributed by atoms with Gasteiger partial charge in [0, 0.05) is 51.8 Å². The molecule has 0 saturated carbocycles. The van der Waals surface area contributed by atoms with Gasteiger partial charge in [-0.05, 0) is 81.2 Å². The van der Waals surface area contributed by atoms with Crippen LogP contribution in [0.1, 0.15) is 84.3 Å². The summed E-state index contributed by atoms with van der Waals surface area (Å²) in [6.07, 6.45) is 13.2. The molecule has 0 amide bonds. The fraction of sp³-hybridized carbons (Fsp3) is 0.447. The normalized spacial score (nSPS) is 19.8. The van der Waals surface area contributed by atoms with E-state index in [4.69, 9.17) is 11.6 Å². The summed E-state index contributed by atoms with van der Waals surface area (Å²) >= 11 is 7.07. The van der Waals surface area contributed by atoms with E-state index in [1.807, 2.05) is 6.07 Å². The van der Waals surface area contributed by atoms with Gasteiger partial charge in [0.15, 0.2) is 5.71 Å². The van der Waals surface area contributed by atoms with Gasteiger partial charge in [0.25, 0.3) is 10.1 Å². The van der Waals surface area contributed by atoms with Crippen LogP contribution in [0, 0.1) is 0 Å². The summed E-state index contributed by atoms with van der Waals surface area (Å²) in [7, 11) is -5.75. The Morgan fingerprint density at radius 2 is 1.54 bits per heavy atom. The van der Waals surface area contributed by atoms with Crippen molar-refractivity contribution in [3.8, 4) is 0 Å². The summed E-state index contributed by atoms with van der Waals surface area (Å²) in [5.41, 5.74) is 9.42. The largest absolute Gasteiger partial charge is 1.00 e. The number of hydrogen-bond donors (Lipinski definition) is 1. The molecule has 0 saturated heterocycles. The van der Waals surface area contributed by atoms with E-state index in [1.54, 1.807) is 6.92 Å². The maximum Gasteiger partial charge on any atom is 1.00 e. The van der Waals surface area contributed by atoms with Gasteiger partial charge in [0.05, 0.1) is 21.3 Å². The van der Waals surface area contributed by atoms with E-state index >= 15 is 0 Å². The van der Waals surface area contributed by atoms with Gasteiger partial charge in [0.1, 0.15) is 7.05 Å². The van der Waals surface area contributed by atoms with Gasteiger partial charge in [-0.15, -0.1) is 0 Å². The monoisotopic (exact) mass is 751 g/mol. The van der Waals surface area contributed by atoms with Crippen LogP contribution < -0.4 is 34.5 Å². The van der Waals surface area contributed by atoms with E-state index < -0.39 is 20.2 Å². The van der Waals surface area contributed by atoms with Gasteiger partial charge in [-0.25, -0.2) is 8.42 Å². The third kappa shape index (κ3) is 10.1. The van der Waals surface area contributed by atoms with E-state index in [2.05, 4.69) is 111 Å². The maximum absolute atomic E-state index is 11.2. The van der Waals surface area contributed by atoms with Crippen molar-refractivity contribution < 1.29 is 60.1 Å². The fourth-order valence-corrected chi connectivity index (χ4v) is 8.44. The van der Waals surface area contributed by atoms with Crippen molar-refractivity contribution in [1.82, 2.24) is 0 Å². The van der Waals surface area contributed by atoms with E-state index in [-0.39, 0.29) is 51.9 Å². The molecule has 0 unspecified atom stereocenters. The van der Waals surface area contributed by atoms with Crippen molar-refractivity contribution in [1.29, 1.82) is 0 Å². The van der Waals surface area contributed by atoms with Gasteiger partial charge in [-0.3, -0.25) is 4.55 Å². The Hall–Kier alpha value is -2.02. The molecule has 12 heteroatoms. The second-order valence-electron chi connectivity index (χ2n) is 13.9. The van der Waals surface area contributed by atoms with Crippen LogP contribution in [-0.4, -0.2) is 61.3 Å². The van der Waals surface area contributed by atoms with Crippen LogP contribution in [0.4, 0.5) is 11.4 Å². The molecule has 5 rings (SSSR count). The molecule has 3 aliphatic rings. The quantitative estimate of drug-likeness (QED) is 0.155. The summed E-state index contributed by atoms with van der Waals surface area (Å²) in [4.78, 5) is 2.30. The number of fused-ring (bicyclic) bond motifs is 2. The molecule has 266 valence electrons. The number of benzene rings is 2. The van der Waals surface area contributed by atoms with Gasteiger partial charge < -0.3 is 9.45 Å². The number of para-hydroxylation sites is 2. The first-order valence-electron chi connectivity index (χ1n) is 16.8. The van der Waals surface area contributed by atoms with Crippen LogP contribution in [0.25, 0.3) is 0 Å². The molecule has 0 atom stereocenters. The van der Waals surface area contributed by atoms with Crippen molar-refractivity contribution in [3.63, 3.8) is 0 Å². The number of nitrogens with zero attached hydrogens (tertiary/aromatic N) is 2. The Bertz CT molecular complexity index is 1940. The van der Waals surface area contributed by atoms with Crippen molar-refractivity contribution in [2.24, 2.45) is 0 Å². The minimum atomic E-state index is -3.96. The van der Waals surface area contributed by atoms with Gasteiger partial charge in [-0.1, -0.05) is 80.9 Å². The molecule has 0 fully saturated rings. The first-order chi connectivity index (χ1) is 22.9. The van der Waals surface area contributed by atoms with Crippen LogP contribution in [0.3, 0.4) is 0 Å². The predicted molar refractivity (Wildman–Crippen MR) is 200 cm³/mol. The number of allylic oxidation sites excluding steroid dienone is 8. The number of unbranched alkanes of at least 4 members (excludes halogenated alkanes) is 1. The summed E-state index contributed by atoms with van der Waals surface area (Å²) in [5.74, 6) is -0.461. The molecule has 0 aromatic heterocycles. The number of rotatable bonds is 10. The van der Waals surface area contributed by atoms with Crippen LogP contribution >= 0.6 is 11.6 Å². The molecule has 2 aromatic carbocycles. The average Bonchev–Trinajstić information content (AvgIpc) is 3.35. The van der Waals surface area contributed by atoms with Gasteiger partial charge in [-0.2, -0.15) is 13.0 Å². The van der Waals surface area contributed by atoms with Crippen molar-refractivity contribution in [2.75, 3.05) is 30.0 Å². The molecule has 0 bridgehead atoms. The van der Waals surface area contributed by atoms with Gasteiger partial charge >= 0.3 is 29.6 Å². The smallest absolute Gasteiger partial charge is 0.748 e. The van der Waals surface area contributed by atoms with Crippen molar-refractivity contribution >= 4 is 48.9 Å². The minimum absolute atomic E-state index is 0. The van der Waals surface area contributed by atoms with Crippen LogP contribution in [0.2, 0.25) is 0 Å². The molecule has 2 aliphatic heterocycles. The van der Waals surface area contributed by atoms with Gasteiger partial charge in [0.2, 0.25) is 5.69 Å². The van der Waals surface area contributed by atoms with Crippen LogP contribution in [-0.2, 0) is 31.1 Å². The summed E-state index contributed by atoms with van der Waals surface area (Å²) in [6, 6.07) is 17.0. The second kappa shape index (κ2) is 17.2. The predicted octanol–water partition coefficient (Wildman–Crippen LogP) is 5.15. The summed E-state index contributed by atoms with van der Waals surface area (Å²) < 4.78 is 63.0. The van der Waals surface area contributed by atoms with E-state index in [9.17, 15) is 25.9 Å². The molecule has 1 N–H and O–H groups in total. The fourth-order valence-electron chi connectivity index (χ4n) is 7.06. The zero-order valence-electron chi connectivity index (χ0n) is 30.4. The topological polar surface area (TPSA) is 118 Å². The Morgan fingerprint density at radius 3 is 2.14 bits per heavy atom. The summed E-state index contributed by atoms with van der Waals surface area (Å²) in [6.45, 7) is 11.3. The van der Waals surface area contributed by atoms with E-state index in [0.717, 1.165) is 46.8 Å². The number of halogens is 1. The molecule has 2 aromatic rings. The molecular formula is C38H49ClN2NaO6S2+. The van der Waals surface area contributed by atoms with E-state index in [1.165, 1.54) is 22.5 Å². The van der Waals surface area contributed by atoms with Crippen molar-refractivity contribution in [2.45, 2.75) is 84.0 Å². The molecule has 1 aliphatic carbocycles. The zero-order valence-corrected chi connectivity index (χ0v) is 34.8. The minimum Gasteiger partial charge on any atom is -0.748 e. The van der Waals surface area contributed by atoms with E-state index in [0.29, 0.717) is 25.8 Å². The standard InChI is InChI=1S/C35H41ClN2O3S.C3H8O3S.Na/c1-34(2)27-15-6-8-17-29(27)37(5)31(34)21-19-25-13-12-14-26(33(25)36)20-22-32-35(3,4)28-16-7-9-18-30(28)38(32)23-10-11-24-42(39,40)41;1-2-3-7(4,5)6;/h6-9,15-22H,10-14,23-24H2,1-5H3;2-3H2,1H3,(H,4,5,6);/q;;+1. The SMILES string of the molecule is CCCS(=O)(=O)[O-].C[N+]1=C(/C=C\C2=C(Cl)C(=C/C=C3/N(CCCCS(=O)(=O)O)c4ccccc4C3(C)C)/CCC2)C(C)(C)c2ccccc21.[Na+]. The average molecular weight is 752 g/mol. The van der Waals surface area contributed by atoms with Crippen LogP contribution in [0.15, 0.2) is 94.7 Å². The maximum atomic E-state index is 11.2. The Morgan fingerprint density at radius 1 is 0.900 bits per heavy atom. The first kappa shape index (κ1) is 42.4. The molecular weight excluding hydrogens is 703 g/mol. The number of anilines is 1. The Kier molecular flexibility index (Phi) is 14.6. The number of hydrogen-bond acceptors (Lipinski definition) is 6. The molecule has 0 spiro atoms. The molecule has 0 radical (unpaired) electrons. The zero-order chi connectivity index (χ0) is 36.2. The molecule has 2 heterocycles. The third-order valence-electron chi connectivity index (χ3n) is 9.57. The first-order valence-corrected chi connectivity index (χ1v) is 20.4. The molecule has 50 heavy (non-hydrogen) atoms. The summed E-state index contributed by atoms with van der Waals surface area (Å²) in [5, 5.41) is 0.832. The van der Waals surface area contributed by atoms with Crippen molar-refractivity contribution in [3.05, 3.63) is 106 Å². The third-order valence-corrected chi connectivity index (χ3v) is 11.8. The molecule has 8 nitrogen and oxygen atoms in total. The second-order valence-corrected chi connectivity index (χ2v) is 17.4. The van der Waals surface area contributed by atoms with Crippen LogP contribution in [0.5, 0.6) is 0 Å². The Labute approximate surface area is 326 Å². The Balaban J connectivity index is 0.000000766.